The molecule has 1 N–H and O–H groups in total. The predicted molar refractivity (Wildman–Crippen MR) is 64.2 cm³/mol. The third-order valence-electron chi connectivity index (χ3n) is 3.43. The van der Waals surface area contributed by atoms with Crippen molar-refractivity contribution in [2.75, 3.05) is 11.5 Å². The minimum Gasteiger partial charge on any atom is -0.387 e. The van der Waals surface area contributed by atoms with Crippen molar-refractivity contribution >= 4 is 9.84 Å². The molecule has 2 unspecified atom stereocenters. The molecule has 1 aromatic rings. The Morgan fingerprint density at radius 1 is 1.67 bits per heavy atom. The van der Waals surface area contributed by atoms with Crippen LogP contribution in [-0.2, 0) is 16.9 Å². The van der Waals surface area contributed by atoms with Crippen molar-refractivity contribution in [3.05, 3.63) is 17.5 Å². The zero-order valence-electron chi connectivity index (χ0n) is 10.3. The van der Waals surface area contributed by atoms with E-state index in [1.165, 1.54) is 0 Å². The summed E-state index contributed by atoms with van der Waals surface area (Å²) in [4.78, 5) is 0. The van der Waals surface area contributed by atoms with Crippen molar-refractivity contribution in [1.82, 2.24) is 9.78 Å². The van der Waals surface area contributed by atoms with Gasteiger partial charge in [-0.25, -0.2) is 8.42 Å². The molecule has 1 fully saturated rings. The summed E-state index contributed by atoms with van der Waals surface area (Å²) in [5.74, 6) is -0.330. The van der Waals surface area contributed by atoms with Crippen molar-refractivity contribution in [1.29, 1.82) is 5.26 Å². The number of nitriles is 1. The summed E-state index contributed by atoms with van der Waals surface area (Å²) in [7, 11) is -1.52. The quantitative estimate of drug-likeness (QED) is 0.820. The van der Waals surface area contributed by atoms with Gasteiger partial charge >= 0.3 is 0 Å². The number of aliphatic hydroxyl groups is 1. The van der Waals surface area contributed by atoms with Gasteiger partial charge in [-0.1, -0.05) is 0 Å². The van der Waals surface area contributed by atoms with Crippen LogP contribution in [0.15, 0.2) is 6.20 Å². The highest BCUT2D eigenvalue weighted by atomic mass is 32.2. The maximum absolute atomic E-state index is 11.5. The van der Waals surface area contributed by atoms with Crippen molar-refractivity contribution in [2.45, 2.75) is 19.4 Å². The van der Waals surface area contributed by atoms with Crippen LogP contribution < -0.4 is 0 Å². The van der Waals surface area contributed by atoms with E-state index in [1.807, 2.05) is 6.07 Å². The van der Waals surface area contributed by atoms with Gasteiger partial charge in [-0.05, 0) is 13.3 Å². The second-order valence-electron chi connectivity index (χ2n) is 4.86. The Labute approximate surface area is 106 Å². The van der Waals surface area contributed by atoms with Crippen molar-refractivity contribution in [3.63, 3.8) is 0 Å². The first-order valence-electron chi connectivity index (χ1n) is 5.59. The van der Waals surface area contributed by atoms with E-state index in [0.29, 0.717) is 11.3 Å². The molecule has 7 heteroatoms. The molecule has 1 aromatic heterocycles. The average Bonchev–Trinajstić information content (AvgIpc) is 2.78. The lowest BCUT2D eigenvalue weighted by Gasteiger charge is -2.25. The third-order valence-corrected chi connectivity index (χ3v) is 5.21. The Bertz CT molecular complexity index is 614. The fourth-order valence-corrected chi connectivity index (χ4v) is 4.39. The number of hydrogen-bond donors (Lipinski definition) is 1. The van der Waals surface area contributed by atoms with Gasteiger partial charge in [0.2, 0.25) is 0 Å². The molecule has 0 aromatic carbocycles. The van der Waals surface area contributed by atoms with Gasteiger partial charge in [0.15, 0.2) is 9.84 Å². The fourth-order valence-electron chi connectivity index (χ4n) is 2.42. The summed E-state index contributed by atoms with van der Waals surface area (Å²) < 4.78 is 24.6. The molecule has 1 aliphatic rings. The van der Waals surface area contributed by atoms with Crippen LogP contribution in [0.1, 0.15) is 23.8 Å². The van der Waals surface area contributed by atoms with Crippen molar-refractivity contribution in [2.24, 2.45) is 12.5 Å². The Morgan fingerprint density at radius 2 is 2.33 bits per heavy atom. The van der Waals surface area contributed by atoms with Gasteiger partial charge in [0.25, 0.3) is 0 Å². The SMILES string of the molecule is Cc1nn(C)cc1C(O)C1(C#N)CCS(=O)(=O)C1. The monoisotopic (exact) mass is 269 g/mol. The largest absolute Gasteiger partial charge is 0.387 e. The molecule has 18 heavy (non-hydrogen) atoms. The Kier molecular flexibility index (Phi) is 2.95. The second kappa shape index (κ2) is 4.07. The topological polar surface area (TPSA) is 96.0 Å². The van der Waals surface area contributed by atoms with Crippen LogP contribution in [0.2, 0.25) is 0 Å². The first kappa shape index (κ1) is 13.1. The van der Waals surface area contributed by atoms with Gasteiger partial charge in [0, 0.05) is 18.8 Å². The maximum atomic E-state index is 11.5. The molecular weight excluding hydrogens is 254 g/mol. The molecule has 1 saturated heterocycles. The Balaban J connectivity index is 2.42. The number of aryl methyl sites for hydroxylation is 2. The average molecular weight is 269 g/mol. The fraction of sp³-hybridized carbons (Fsp3) is 0.636. The first-order valence-corrected chi connectivity index (χ1v) is 7.42. The van der Waals surface area contributed by atoms with E-state index < -0.39 is 21.4 Å². The zero-order chi connectivity index (χ0) is 13.6. The van der Waals surface area contributed by atoms with Crippen LogP contribution in [0, 0.1) is 23.7 Å². The Hall–Kier alpha value is -1.39. The maximum Gasteiger partial charge on any atom is 0.152 e. The summed E-state index contributed by atoms with van der Waals surface area (Å²) in [6.45, 7) is 1.73. The van der Waals surface area contributed by atoms with Gasteiger partial charge < -0.3 is 5.11 Å². The molecule has 2 atom stereocenters. The predicted octanol–water partition coefficient (Wildman–Crippen LogP) is 0.0904. The van der Waals surface area contributed by atoms with E-state index >= 15 is 0 Å². The molecule has 0 spiro atoms. The number of hydrogen-bond acceptors (Lipinski definition) is 5. The molecule has 6 nitrogen and oxygen atoms in total. The summed E-state index contributed by atoms with van der Waals surface area (Å²) in [6.07, 6.45) is 0.680. The summed E-state index contributed by atoms with van der Waals surface area (Å²) in [6, 6.07) is 2.00. The minimum atomic E-state index is -3.23. The summed E-state index contributed by atoms with van der Waals surface area (Å²) in [5.41, 5.74) is -0.104. The Morgan fingerprint density at radius 3 is 2.72 bits per heavy atom. The van der Waals surface area contributed by atoms with E-state index in [-0.39, 0.29) is 17.9 Å². The molecular formula is C11H15N3O3S. The van der Waals surface area contributed by atoms with Crippen LogP contribution in [0.3, 0.4) is 0 Å². The molecule has 2 rings (SSSR count). The molecule has 2 heterocycles. The highest BCUT2D eigenvalue weighted by molar-refractivity contribution is 7.91. The van der Waals surface area contributed by atoms with E-state index in [2.05, 4.69) is 5.10 Å². The van der Waals surface area contributed by atoms with E-state index in [4.69, 9.17) is 0 Å². The first-order chi connectivity index (χ1) is 8.30. The van der Waals surface area contributed by atoms with Gasteiger partial charge in [0.05, 0.1) is 23.3 Å². The zero-order valence-corrected chi connectivity index (χ0v) is 11.1. The molecule has 0 aliphatic carbocycles. The van der Waals surface area contributed by atoms with Gasteiger partial charge in [-0.15, -0.1) is 0 Å². The lowest BCUT2D eigenvalue weighted by atomic mass is 9.80. The van der Waals surface area contributed by atoms with Crippen molar-refractivity contribution < 1.29 is 13.5 Å². The van der Waals surface area contributed by atoms with Crippen molar-refractivity contribution in [3.8, 4) is 6.07 Å². The molecule has 0 saturated carbocycles. The number of nitrogens with zero attached hydrogens (tertiary/aromatic N) is 3. The number of rotatable bonds is 2. The van der Waals surface area contributed by atoms with Crippen LogP contribution in [-0.4, -0.2) is 34.8 Å². The van der Waals surface area contributed by atoms with E-state index in [9.17, 15) is 18.8 Å². The number of aliphatic hydroxyl groups excluding tert-OH is 1. The molecule has 98 valence electrons. The normalized spacial score (nSPS) is 27.9. The van der Waals surface area contributed by atoms with Gasteiger partial charge in [0.1, 0.15) is 11.5 Å². The lowest BCUT2D eigenvalue weighted by molar-refractivity contribution is 0.0787. The number of sulfone groups is 1. The van der Waals surface area contributed by atoms with Crippen LogP contribution in [0.4, 0.5) is 0 Å². The standard InChI is InChI=1S/C11H15N3O3S/c1-8-9(5-14(2)13-8)10(15)11(6-12)3-4-18(16,17)7-11/h5,10,15H,3-4,7H2,1-2H3. The smallest absolute Gasteiger partial charge is 0.152 e. The summed E-state index contributed by atoms with van der Waals surface area (Å²) >= 11 is 0. The third kappa shape index (κ3) is 2.02. The molecule has 0 amide bonds. The highest BCUT2D eigenvalue weighted by Crippen LogP contribution is 2.43. The summed E-state index contributed by atoms with van der Waals surface area (Å²) in [5, 5.41) is 23.7. The lowest BCUT2D eigenvalue weighted by Crippen LogP contribution is -2.29. The van der Waals surface area contributed by atoms with Crippen LogP contribution in [0.25, 0.3) is 0 Å². The second-order valence-corrected chi connectivity index (χ2v) is 7.04. The molecule has 0 bridgehead atoms. The highest BCUT2D eigenvalue weighted by Gasteiger charge is 2.49. The number of aromatic nitrogens is 2. The van der Waals surface area contributed by atoms with E-state index in [0.717, 1.165) is 0 Å². The van der Waals surface area contributed by atoms with E-state index in [1.54, 1.807) is 24.9 Å². The minimum absolute atomic E-state index is 0.0447. The van der Waals surface area contributed by atoms with Crippen LogP contribution in [0.5, 0.6) is 0 Å². The van der Waals surface area contributed by atoms with Crippen LogP contribution >= 0.6 is 0 Å². The van der Waals surface area contributed by atoms with Gasteiger partial charge in [-0.2, -0.15) is 10.4 Å². The molecule has 0 radical (unpaired) electrons. The molecule has 1 aliphatic heterocycles. The van der Waals surface area contributed by atoms with Gasteiger partial charge in [-0.3, -0.25) is 4.68 Å².